The van der Waals surface area contributed by atoms with Gasteiger partial charge in [0.15, 0.2) is 0 Å². The fourth-order valence-electron chi connectivity index (χ4n) is 2.23. The Hall–Kier alpha value is -1.32. The van der Waals surface area contributed by atoms with Gasteiger partial charge in [0.2, 0.25) is 0 Å². The summed E-state index contributed by atoms with van der Waals surface area (Å²) >= 11 is 6.23. The third-order valence-corrected chi connectivity index (χ3v) is 4.09. The van der Waals surface area contributed by atoms with Gasteiger partial charge in [-0.1, -0.05) is 35.9 Å². The zero-order valence-electron chi connectivity index (χ0n) is 13.5. The van der Waals surface area contributed by atoms with E-state index in [1.807, 2.05) is 18.5 Å². The van der Waals surface area contributed by atoms with E-state index in [1.165, 1.54) is 11.1 Å². The number of hydrogen-bond donors (Lipinski definition) is 1. The van der Waals surface area contributed by atoms with Crippen LogP contribution in [0.25, 0.3) is 0 Å². The highest BCUT2D eigenvalue weighted by Gasteiger charge is 2.13. The summed E-state index contributed by atoms with van der Waals surface area (Å²) in [5, 5.41) is 8.82. The SMILES string of the molecule is Cc1nn(Cc2ccccc2CNC(C)(C)C)c(C)c1Cl. The molecule has 1 aromatic heterocycles. The highest BCUT2D eigenvalue weighted by molar-refractivity contribution is 6.31. The van der Waals surface area contributed by atoms with Crippen LogP contribution >= 0.6 is 11.6 Å². The topological polar surface area (TPSA) is 29.9 Å². The van der Waals surface area contributed by atoms with Crippen molar-refractivity contribution in [3.05, 3.63) is 51.8 Å². The smallest absolute Gasteiger partial charge is 0.0844 e. The molecule has 0 radical (unpaired) electrons. The Kier molecular flexibility index (Phi) is 4.74. The maximum absolute atomic E-state index is 6.23. The zero-order chi connectivity index (χ0) is 15.6. The molecule has 114 valence electrons. The lowest BCUT2D eigenvalue weighted by Gasteiger charge is -2.21. The molecule has 0 saturated heterocycles. The average Bonchev–Trinajstić information content (AvgIpc) is 2.64. The van der Waals surface area contributed by atoms with Crippen LogP contribution < -0.4 is 5.32 Å². The summed E-state index contributed by atoms with van der Waals surface area (Å²) in [6, 6.07) is 8.48. The van der Waals surface area contributed by atoms with Crippen LogP contribution in [0, 0.1) is 13.8 Å². The maximum Gasteiger partial charge on any atom is 0.0844 e. The summed E-state index contributed by atoms with van der Waals surface area (Å²) in [6.45, 7) is 12.1. The molecule has 0 amide bonds. The molecule has 0 fully saturated rings. The number of rotatable bonds is 4. The third kappa shape index (κ3) is 4.08. The first-order chi connectivity index (χ1) is 9.78. The van der Waals surface area contributed by atoms with Gasteiger partial charge in [-0.05, 0) is 45.7 Å². The summed E-state index contributed by atoms with van der Waals surface area (Å²) in [4.78, 5) is 0. The van der Waals surface area contributed by atoms with Crippen LogP contribution in [-0.4, -0.2) is 15.3 Å². The molecule has 0 aliphatic carbocycles. The molecule has 4 heteroatoms. The molecule has 1 heterocycles. The quantitative estimate of drug-likeness (QED) is 0.922. The number of nitrogens with zero attached hydrogens (tertiary/aromatic N) is 2. The van der Waals surface area contributed by atoms with E-state index in [2.05, 4.69) is 55.5 Å². The summed E-state index contributed by atoms with van der Waals surface area (Å²) in [5.74, 6) is 0. The predicted molar refractivity (Wildman–Crippen MR) is 88.8 cm³/mol. The Morgan fingerprint density at radius 3 is 2.29 bits per heavy atom. The summed E-state index contributed by atoms with van der Waals surface area (Å²) in [6.07, 6.45) is 0. The molecular weight excluding hydrogens is 282 g/mol. The second-order valence-corrected chi connectivity index (χ2v) is 6.89. The van der Waals surface area contributed by atoms with Crippen LogP contribution in [0.15, 0.2) is 24.3 Å². The molecule has 21 heavy (non-hydrogen) atoms. The molecule has 2 aromatic rings. The molecule has 1 aromatic carbocycles. The van der Waals surface area contributed by atoms with Crippen LogP contribution in [0.1, 0.15) is 43.3 Å². The number of halogens is 1. The Morgan fingerprint density at radius 2 is 1.76 bits per heavy atom. The van der Waals surface area contributed by atoms with Gasteiger partial charge < -0.3 is 5.32 Å². The van der Waals surface area contributed by atoms with Gasteiger partial charge in [0, 0.05) is 12.1 Å². The Balaban J connectivity index is 2.22. The molecule has 1 N–H and O–H groups in total. The van der Waals surface area contributed by atoms with E-state index >= 15 is 0 Å². The first kappa shape index (κ1) is 16.1. The van der Waals surface area contributed by atoms with Crippen LogP contribution in [0.5, 0.6) is 0 Å². The van der Waals surface area contributed by atoms with Gasteiger partial charge in [0.1, 0.15) is 0 Å². The van der Waals surface area contributed by atoms with Gasteiger partial charge in [0.25, 0.3) is 0 Å². The molecule has 0 atom stereocenters. The van der Waals surface area contributed by atoms with Crippen LogP contribution in [0.2, 0.25) is 5.02 Å². The van der Waals surface area contributed by atoms with E-state index in [1.54, 1.807) is 0 Å². The van der Waals surface area contributed by atoms with Crippen LogP contribution in [0.4, 0.5) is 0 Å². The molecule has 0 aliphatic heterocycles. The number of hydrogen-bond acceptors (Lipinski definition) is 2. The van der Waals surface area contributed by atoms with Crippen molar-refractivity contribution in [2.24, 2.45) is 0 Å². The predicted octanol–water partition coefficient (Wildman–Crippen LogP) is 4.09. The van der Waals surface area contributed by atoms with Gasteiger partial charge in [-0.3, -0.25) is 4.68 Å². The van der Waals surface area contributed by atoms with Gasteiger partial charge in [-0.25, -0.2) is 0 Å². The fraction of sp³-hybridized carbons (Fsp3) is 0.471. The third-order valence-electron chi connectivity index (χ3n) is 3.54. The van der Waals surface area contributed by atoms with E-state index in [0.717, 1.165) is 29.5 Å². The molecule has 0 unspecified atom stereocenters. The number of aromatic nitrogens is 2. The highest BCUT2D eigenvalue weighted by Crippen LogP contribution is 2.21. The molecule has 0 spiro atoms. The van der Waals surface area contributed by atoms with E-state index in [-0.39, 0.29) is 5.54 Å². The summed E-state index contributed by atoms with van der Waals surface area (Å²) < 4.78 is 1.98. The van der Waals surface area contributed by atoms with Crippen molar-refractivity contribution in [1.82, 2.24) is 15.1 Å². The van der Waals surface area contributed by atoms with E-state index in [0.29, 0.717) is 0 Å². The van der Waals surface area contributed by atoms with E-state index in [4.69, 9.17) is 11.6 Å². The van der Waals surface area contributed by atoms with Crippen molar-refractivity contribution in [1.29, 1.82) is 0 Å². The lowest BCUT2D eigenvalue weighted by Crippen LogP contribution is -2.35. The van der Waals surface area contributed by atoms with Crippen molar-refractivity contribution in [2.45, 2.75) is 53.2 Å². The summed E-state index contributed by atoms with van der Waals surface area (Å²) in [7, 11) is 0. The first-order valence-corrected chi connectivity index (χ1v) is 7.67. The minimum Gasteiger partial charge on any atom is -0.308 e. The standard InChI is InChI=1S/C17H24ClN3/c1-12-16(18)13(2)21(20-12)11-15-9-7-6-8-14(15)10-19-17(3,4)5/h6-9,19H,10-11H2,1-5H3. The molecule has 0 bridgehead atoms. The lowest BCUT2D eigenvalue weighted by atomic mass is 10.0. The fourth-order valence-corrected chi connectivity index (χ4v) is 2.37. The minimum absolute atomic E-state index is 0.106. The average molecular weight is 306 g/mol. The molecular formula is C17H24ClN3. The van der Waals surface area contributed by atoms with E-state index < -0.39 is 0 Å². The first-order valence-electron chi connectivity index (χ1n) is 7.29. The number of nitrogens with one attached hydrogen (secondary N) is 1. The maximum atomic E-state index is 6.23. The second kappa shape index (κ2) is 6.20. The minimum atomic E-state index is 0.106. The zero-order valence-corrected chi connectivity index (χ0v) is 14.3. The summed E-state index contributed by atoms with van der Waals surface area (Å²) in [5.41, 5.74) is 4.59. The van der Waals surface area contributed by atoms with Crippen molar-refractivity contribution >= 4 is 11.6 Å². The molecule has 2 rings (SSSR count). The lowest BCUT2D eigenvalue weighted by molar-refractivity contribution is 0.423. The van der Waals surface area contributed by atoms with Gasteiger partial charge in [0.05, 0.1) is 23.0 Å². The monoisotopic (exact) mass is 305 g/mol. The Bertz CT molecular complexity index is 623. The second-order valence-electron chi connectivity index (χ2n) is 6.51. The van der Waals surface area contributed by atoms with Crippen LogP contribution in [-0.2, 0) is 13.1 Å². The van der Waals surface area contributed by atoms with Crippen molar-refractivity contribution < 1.29 is 0 Å². The van der Waals surface area contributed by atoms with Crippen molar-refractivity contribution in [2.75, 3.05) is 0 Å². The normalized spacial score (nSPS) is 11.9. The van der Waals surface area contributed by atoms with Crippen molar-refractivity contribution in [3.63, 3.8) is 0 Å². The van der Waals surface area contributed by atoms with Crippen LogP contribution in [0.3, 0.4) is 0 Å². The largest absolute Gasteiger partial charge is 0.308 e. The number of benzene rings is 1. The van der Waals surface area contributed by atoms with Gasteiger partial charge in [-0.2, -0.15) is 5.10 Å². The van der Waals surface area contributed by atoms with E-state index in [9.17, 15) is 0 Å². The Labute approximate surface area is 132 Å². The molecule has 0 saturated carbocycles. The molecule has 0 aliphatic rings. The molecule has 3 nitrogen and oxygen atoms in total. The number of aryl methyl sites for hydroxylation is 1. The van der Waals surface area contributed by atoms with Gasteiger partial charge in [-0.15, -0.1) is 0 Å². The highest BCUT2D eigenvalue weighted by atomic mass is 35.5. The van der Waals surface area contributed by atoms with Crippen molar-refractivity contribution in [3.8, 4) is 0 Å². The Morgan fingerprint density at radius 1 is 1.14 bits per heavy atom. The van der Waals surface area contributed by atoms with Gasteiger partial charge >= 0.3 is 0 Å².